The molecule has 3 aromatic carbocycles. The lowest BCUT2D eigenvalue weighted by atomic mass is 10.1. The molecule has 0 saturated carbocycles. The van der Waals surface area contributed by atoms with Gasteiger partial charge in [-0.2, -0.15) is 5.10 Å². The summed E-state index contributed by atoms with van der Waals surface area (Å²) in [5.41, 5.74) is 3.55. The van der Waals surface area contributed by atoms with Crippen LogP contribution in [0, 0.1) is 10.1 Å². The third kappa shape index (κ3) is 5.16. The molecule has 0 saturated heterocycles. The first-order valence-electron chi connectivity index (χ1n) is 9.22. The van der Waals surface area contributed by atoms with Crippen LogP contribution in [0.2, 0.25) is 5.02 Å². The number of nitro groups is 1. The summed E-state index contributed by atoms with van der Waals surface area (Å²) in [6, 6.07) is 16.9. The highest BCUT2D eigenvalue weighted by molar-refractivity contribution is 7.92. The van der Waals surface area contributed by atoms with E-state index in [-0.39, 0.29) is 16.3 Å². The Morgan fingerprint density at radius 2 is 1.75 bits per heavy atom. The minimum absolute atomic E-state index is 0.0256. The molecule has 32 heavy (non-hydrogen) atoms. The average Bonchev–Trinajstić information content (AvgIpc) is 2.77. The van der Waals surface area contributed by atoms with Crippen LogP contribution in [0.1, 0.15) is 12.5 Å². The predicted molar refractivity (Wildman–Crippen MR) is 124 cm³/mol. The van der Waals surface area contributed by atoms with Crippen LogP contribution < -0.4 is 14.9 Å². The number of nitrogens with one attached hydrogen (secondary N) is 2. The molecule has 0 amide bonds. The highest BCUT2D eigenvalue weighted by Crippen LogP contribution is 2.31. The average molecular weight is 475 g/mol. The monoisotopic (exact) mass is 474 g/mol. The smallest absolute Gasteiger partial charge is 0.295 e. The molecule has 3 rings (SSSR count). The number of benzene rings is 3. The van der Waals surface area contributed by atoms with Gasteiger partial charge in [-0.3, -0.25) is 20.3 Å². The molecule has 0 fully saturated rings. The van der Waals surface area contributed by atoms with Gasteiger partial charge in [0.25, 0.3) is 15.7 Å². The number of sulfonamides is 1. The molecule has 0 aliphatic carbocycles. The number of rotatable bonds is 8. The molecule has 2 N–H and O–H groups in total. The molecule has 0 aliphatic rings. The van der Waals surface area contributed by atoms with Gasteiger partial charge < -0.3 is 4.74 Å². The molecular formula is C21H19ClN4O5S. The van der Waals surface area contributed by atoms with E-state index in [0.717, 1.165) is 6.07 Å². The van der Waals surface area contributed by atoms with Crippen LogP contribution in [0.15, 0.2) is 76.7 Å². The second-order valence-corrected chi connectivity index (χ2v) is 8.62. The molecule has 0 heterocycles. The molecule has 9 nitrogen and oxygen atoms in total. The number of methoxy groups -OCH3 is 1. The van der Waals surface area contributed by atoms with Gasteiger partial charge in [-0.05, 0) is 37.3 Å². The molecule has 0 spiro atoms. The maximum atomic E-state index is 12.8. The van der Waals surface area contributed by atoms with E-state index in [4.69, 9.17) is 16.3 Å². The zero-order valence-electron chi connectivity index (χ0n) is 17.1. The Morgan fingerprint density at radius 3 is 2.44 bits per heavy atom. The Balaban J connectivity index is 1.91. The summed E-state index contributed by atoms with van der Waals surface area (Å²) in [5.74, 6) is 0.313. The zero-order chi connectivity index (χ0) is 23.3. The second kappa shape index (κ2) is 9.67. The van der Waals surface area contributed by atoms with Crippen LogP contribution in [0.25, 0.3) is 0 Å². The summed E-state index contributed by atoms with van der Waals surface area (Å²) in [5, 5.41) is 16.2. The van der Waals surface area contributed by atoms with E-state index < -0.39 is 20.6 Å². The SMILES string of the molecule is COc1ccccc1NS(=O)(=O)c1ccc(NN=C(C)c2ccccc2Cl)c([N+](=O)[O-])c1. The highest BCUT2D eigenvalue weighted by atomic mass is 35.5. The van der Waals surface area contributed by atoms with Crippen molar-refractivity contribution in [3.05, 3.63) is 87.4 Å². The minimum Gasteiger partial charge on any atom is -0.495 e. The summed E-state index contributed by atoms with van der Waals surface area (Å²) in [6.45, 7) is 1.69. The molecule has 0 bridgehead atoms. The van der Waals surface area contributed by atoms with E-state index in [0.29, 0.717) is 22.0 Å². The maximum Gasteiger partial charge on any atom is 0.295 e. The quantitative estimate of drug-likeness (QED) is 0.272. The number of ether oxygens (including phenoxy) is 1. The standard InChI is InChI=1S/C21H19ClN4O5S/c1-14(16-7-3-4-8-17(16)22)23-24-18-12-11-15(13-20(18)26(27)28)32(29,30)25-19-9-5-6-10-21(19)31-2/h3-13,24-25H,1-2H3. The summed E-state index contributed by atoms with van der Waals surface area (Å²) in [7, 11) is -2.71. The van der Waals surface area contributed by atoms with E-state index >= 15 is 0 Å². The molecule has 0 unspecified atom stereocenters. The summed E-state index contributed by atoms with van der Waals surface area (Å²) < 4.78 is 33.1. The van der Waals surface area contributed by atoms with Gasteiger partial charge in [0.05, 0.1) is 28.3 Å². The lowest BCUT2D eigenvalue weighted by Gasteiger charge is -2.12. The van der Waals surface area contributed by atoms with Gasteiger partial charge >= 0.3 is 0 Å². The number of nitro benzene ring substituents is 1. The summed E-state index contributed by atoms with van der Waals surface area (Å²) in [4.78, 5) is 10.6. The Labute approximate surface area is 189 Å². The van der Waals surface area contributed by atoms with Crippen LogP contribution >= 0.6 is 11.6 Å². The van der Waals surface area contributed by atoms with E-state index in [1.807, 2.05) is 0 Å². The van der Waals surface area contributed by atoms with Gasteiger partial charge in [-0.25, -0.2) is 8.42 Å². The Kier molecular flexibility index (Phi) is 6.96. The Bertz CT molecular complexity index is 1290. The van der Waals surface area contributed by atoms with Crippen LogP contribution in [-0.4, -0.2) is 26.2 Å². The molecule has 3 aromatic rings. The fourth-order valence-corrected chi connectivity index (χ4v) is 4.18. The third-order valence-electron chi connectivity index (χ3n) is 4.44. The third-order valence-corrected chi connectivity index (χ3v) is 6.13. The largest absolute Gasteiger partial charge is 0.495 e. The normalized spacial score (nSPS) is 11.7. The number of anilines is 2. The molecule has 166 valence electrons. The molecule has 0 aliphatic heterocycles. The van der Waals surface area contributed by atoms with Crippen molar-refractivity contribution in [2.45, 2.75) is 11.8 Å². The first-order chi connectivity index (χ1) is 15.2. The Hall–Kier alpha value is -3.63. The van der Waals surface area contributed by atoms with E-state index in [2.05, 4.69) is 15.2 Å². The fraction of sp³-hybridized carbons (Fsp3) is 0.0952. The van der Waals surface area contributed by atoms with Crippen molar-refractivity contribution < 1.29 is 18.1 Å². The van der Waals surface area contributed by atoms with Crippen molar-refractivity contribution in [2.75, 3.05) is 17.3 Å². The van der Waals surface area contributed by atoms with Gasteiger partial charge in [-0.15, -0.1) is 0 Å². The van der Waals surface area contributed by atoms with E-state index in [9.17, 15) is 18.5 Å². The van der Waals surface area contributed by atoms with E-state index in [1.165, 1.54) is 25.3 Å². The number of hydrazone groups is 1. The van der Waals surface area contributed by atoms with Crippen LogP contribution in [0.4, 0.5) is 17.1 Å². The number of hydrogen-bond acceptors (Lipinski definition) is 7. The molecule has 0 radical (unpaired) electrons. The minimum atomic E-state index is -4.11. The lowest BCUT2D eigenvalue weighted by Crippen LogP contribution is -2.14. The Morgan fingerprint density at radius 1 is 1.06 bits per heavy atom. The van der Waals surface area contributed by atoms with Crippen LogP contribution in [0.5, 0.6) is 5.75 Å². The highest BCUT2D eigenvalue weighted by Gasteiger charge is 2.22. The predicted octanol–water partition coefficient (Wildman–Crippen LogP) is 4.89. The second-order valence-electron chi connectivity index (χ2n) is 6.53. The van der Waals surface area contributed by atoms with Gasteiger partial charge in [-0.1, -0.05) is 41.9 Å². The van der Waals surface area contributed by atoms with E-state index in [1.54, 1.807) is 49.4 Å². The number of nitrogens with zero attached hydrogens (tertiary/aromatic N) is 2. The number of halogens is 1. The van der Waals surface area contributed by atoms with Crippen molar-refractivity contribution in [1.29, 1.82) is 0 Å². The van der Waals surface area contributed by atoms with Crippen molar-refractivity contribution >= 4 is 44.4 Å². The summed E-state index contributed by atoms with van der Waals surface area (Å²) >= 11 is 6.14. The van der Waals surface area contributed by atoms with Crippen molar-refractivity contribution in [3.63, 3.8) is 0 Å². The van der Waals surface area contributed by atoms with Gasteiger partial charge in [0.2, 0.25) is 0 Å². The molecular weight excluding hydrogens is 456 g/mol. The topological polar surface area (TPSA) is 123 Å². The van der Waals surface area contributed by atoms with Gasteiger partial charge in [0, 0.05) is 16.7 Å². The zero-order valence-corrected chi connectivity index (χ0v) is 18.6. The van der Waals surface area contributed by atoms with Crippen molar-refractivity contribution in [3.8, 4) is 5.75 Å². The fourth-order valence-electron chi connectivity index (χ4n) is 2.82. The lowest BCUT2D eigenvalue weighted by molar-refractivity contribution is -0.384. The van der Waals surface area contributed by atoms with Crippen molar-refractivity contribution in [2.24, 2.45) is 5.10 Å². The van der Waals surface area contributed by atoms with Gasteiger partial charge in [0.15, 0.2) is 0 Å². The number of hydrogen-bond donors (Lipinski definition) is 2. The van der Waals surface area contributed by atoms with Crippen LogP contribution in [-0.2, 0) is 10.0 Å². The first kappa shape index (κ1) is 23.0. The van der Waals surface area contributed by atoms with Crippen molar-refractivity contribution in [1.82, 2.24) is 0 Å². The van der Waals surface area contributed by atoms with Gasteiger partial charge in [0.1, 0.15) is 11.4 Å². The first-order valence-corrected chi connectivity index (χ1v) is 11.1. The maximum absolute atomic E-state index is 12.8. The number of para-hydroxylation sites is 2. The molecule has 0 aromatic heterocycles. The molecule has 11 heteroatoms. The summed E-state index contributed by atoms with van der Waals surface area (Å²) in [6.07, 6.45) is 0. The molecule has 0 atom stereocenters. The van der Waals surface area contributed by atoms with Crippen LogP contribution in [0.3, 0.4) is 0 Å².